The fourth-order valence-electron chi connectivity index (χ4n) is 2.10. The molecular formula is C14H18O4. The third-order valence-corrected chi connectivity index (χ3v) is 2.98. The molecule has 98 valence electrons. The molecule has 1 atom stereocenters. The number of fused-ring (bicyclic) bond motifs is 1. The van der Waals surface area contributed by atoms with Crippen molar-refractivity contribution in [3.8, 4) is 11.5 Å². The minimum atomic E-state index is -0.158. The largest absolute Gasteiger partial charge is 0.497 e. The van der Waals surface area contributed by atoms with Crippen molar-refractivity contribution in [3.05, 3.63) is 23.8 Å². The molecule has 0 fully saturated rings. The van der Waals surface area contributed by atoms with E-state index in [4.69, 9.17) is 14.2 Å². The van der Waals surface area contributed by atoms with Crippen molar-refractivity contribution in [2.24, 2.45) is 0 Å². The highest BCUT2D eigenvalue weighted by atomic mass is 16.5. The number of carbonyl (C=O) groups excluding carboxylic acids is 1. The first-order valence-electron chi connectivity index (χ1n) is 6.22. The predicted molar refractivity (Wildman–Crippen MR) is 67.0 cm³/mol. The third-order valence-electron chi connectivity index (χ3n) is 2.98. The zero-order valence-electron chi connectivity index (χ0n) is 10.8. The number of methoxy groups -OCH3 is 1. The third kappa shape index (κ3) is 2.94. The van der Waals surface area contributed by atoms with Gasteiger partial charge in [-0.05, 0) is 31.5 Å². The first kappa shape index (κ1) is 12.7. The SMILES string of the molecule is CCOC(=O)CCC1Cc2cc(OC)ccc2O1. The van der Waals surface area contributed by atoms with Crippen LogP contribution in [0, 0.1) is 0 Å². The van der Waals surface area contributed by atoms with Crippen LogP contribution >= 0.6 is 0 Å². The first-order valence-corrected chi connectivity index (χ1v) is 6.22. The van der Waals surface area contributed by atoms with Crippen LogP contribution in [-0.4, -0.2) is 25.8 Å². The summed E-state index contributed by atoms with van der Waals surface area (Å²) in [6, 6.07) is 5.78. The van der Waals surface area contributed by atoms with Crippen molar-refractivity contribution < 1.29 is 19.0 Å². The number of carbonyl (C=O) groups is 1. The van der Waals surface area contributed by atoms with Gasteiger partial charge >= 0.3 is 5.97 Å². The lowest BCUT2D eigenvalue weighted by Gasteiger charge is -2.09. The van der Waals surface area contributed by atoms with Gasteiger partial charge in [0.1, 0.15) is 17.6 Å². The highest BCUT2D eigenvalue weighted by Crippen LogP contribution is 2.33. The summed E-state index contributed by atoms with van der Waals surface area (Å²) in [7, 11) is 1.65. The molecule has 1 unspecified atom stereocenters. The molecule has 1 aromatic carbocycles. The van der Waals surface area contributed by atoms with Crippen LogP contribution in [0.3, 0.4) is 0 Å². The van der Waals surface area contributed by atoms with Crippen LogP contribution < -0.4 is 9.47 Å². The van der Waals surface area contributed by atoms with E-state index in [-0.39, 0.29) is 12.1 Å². The molecule has 0 aliphatic carbocycles. The Kier molecular flexibility index (Phi) is 4.07. The summed E-state index contributed by atoms with van der Waals surface area (Å²) in [5, 5.41) is 0. The number of rotatable bonds is 5. The van der Waals surface area contributed by atoms with Gasteiger partial charge in [0.2, 0.25) is 0 Å². The van der Waals surface area contributed by atoms with Gasteiger partial charge < -0.3 is 14.2 Å². The van der Waals surface area contributed by atoms with E-state index in [9.17, 15) is 4.79 Å². The monoisotopic (exact) mass is 250 g/mol. The average Bonchev–Trinajstić information content (AvgIpc) is 2.78. The number of benzene rings is 1. The van der Waals surface area contributed by atoms with Gasteiger partial charge in [0.15, 0.2) is 0 Å². The summed E-state index contributed by atoms with van der Waals surface area (Å²) >= 11 is 0. The first-order chi connectivity index (χ1) is 8.72. The average molecular weight is 250 g/mol. The fraction of sp³-hybridized carbons (Fsp3) is 0.500. The van der Waals surface area contributed by atoms with E-state index in [1.165, 1.54) is 0 Å². The van der Waals surface area contributed by atoms with Crippen molar-refractivity contribution in [2.75, 3.05) is 13.7 Å². The molecule has 0 aromatic heterocycles. The van der Waals surface area contributed by atoms with E-state index in [2.05, 4.69) is 0 Å². The normalized spacial score (nSPS) is 16.9. The lowest BCUT2D eigenvalue weighted by molar-refractivity contribution is -0.143. The maximum atomic E-state index is 11.3. The van der Waals surface area contributed by atoms with Crippen molar-refractivity contribution in [3.63, 3.8) is 0 Å². The molecule has 1 aromatic rings. The standard InChI is InChI=1S/C14H18O4/c1-3-17-14(15)7-5-12-9-10-8-11(16-2)4-6-13(10)18-12/h4,6,8,12H,3,5,7,9H2,1-2H3. The Bertz CT molecular complexity index is 428. The second kappa shape index (κ2) is 5.76. The van der Waals surface area contributed by atoms with Crippen LogP contribution in [0.5, 0.6) is 11.5 Å². The van der Waals surface area contributed by atoms with Gasteiger partial charge in [0, 0.05) is 18.4 Å². The molecule has 1 aliphatic rings. The van der Waals surface area contributed by atoms with E-state index in [0.717, 1.165) is 23.5 Å². The Labute approximate surface area is 107 Å². The summed E-state index contributed by atoms with van der Waals surface area (Å²) in [4.78, 5) is 11.3. The lowest BCUT2D eigenvalue weighted by atomic mass is 10.1. The van der Waals surface area contributed by atoms with Crippen molar-refractivity contribution >= 4 is 5.97 Å². The molecule has 0 N–H and O–H groups in total. The number of ether oxygens (including phenoxy) is 3. The molecule has 1 heterocycles. The van der Waals surface area contributed by atoms with Crippen LogP contribution in [-0.2, 0) is 16.0 Å². The Balaban J connectivity index is 1.88. The fourth-order valence-corrected chi connectivity index (χ4v) is 2.10. The molecule has 0 saturated carbocycles. The predicted octanol–water partition coefficient (Wildman–Crippen LogP) is 2.34. The Morgan fingerprint density at radius 2 is 2.33 bits per heavy atom. The van der Waals surface area contributed by atoms with E-state index in [1.54, 1.807) is 7.11 Å². The molecule has 18 heavy (non-hydrogen) atoms. The van der Waals surface area contributed by atoms with Gasteiger partial charge in [-0.25, -0.2) is 0 Å². The lowest BCUT2D eigenvalue weighted by Crippen LogP contribution is -2.15. The molecular weight excluding hydrogens is 232 g/mol. The molecule has 0 bridgehead atoms. The molecule has 1 aliphatic heterocycles. The zero-order valence-corrected chi connectivity index (χ0v) is 10.8. The van der Waals surface area contributed by atoms with Crippen LogP contribution in [0.15, 0.2) is 18.2 Å². The number of hydrogen-bond donors (Lipinski definition) is 0. The molecule has 0 saturated heterocycles. The Morgan fingerprint density at radius 3 is 3.06 bits per heavy atom. The Morgan fingerprint density at radius 1 is 1.50 bits per heavy atom. The van der Waals surface area contributed by atoms with Gasteiger partial charge in [0.25, 0.3) is 0 Å². The maximum Gasteiger partial charge on any atom is 0.305 e. The number of esters is 1. The number of hydrogen-bond acceptors (Lipinski definition) is 4. The van der Waals surface area contributed by atoms with E-state index < -0.39 is 0 Å². The summed E-state index contributed by atoms with van der Waals surface area (Å²) in [6.45, 7) is 2.24. The van der Waals surface area contributed by atoms with Gasteiger partial charge in [-0.15, -0.1) is 0 Å². The van der Waals surface area contributed by atoms with Crippen LogP contribution in [0.1, 0.15) is 25.3 Å². The second-order valence-electron chi connectivity index (χ2n) is 4.26. The molecule has 2 rings (SSSR count). The minimum Gasteiger partial charge on any atom is -0.497 e. The summed E-state index contributed by atoms with van der Waals surface area (Å²) in [6.07, 6.45) is 1.99. The smallest absolute Gasteiger partial charge is 0.305 e. The molecule has 4 nitrogen and oxygen atoms in total. The van der Waals surface area contributed by atoms with E-state index in [1.807, 2.05) is 25.1 Å². The van der Waals surface area contributed by atoms with Gasteiger partial charge in [0.05, 0.1) is 13.7 Å². The van der Waals surface area contributed by atoms with Crippen molar-refractivity contribution in [2.45, 2.75) is 32.3 Å². The van der Waals surface area contributed by atoms with Crippen molar-refractivity contribution in [1.29, 1.82) is 0 Å². The van der Waals surface area contributed by atoms with Gasteiger partial charge in [-0.2, -0.15) is 0 Å². The minimum absolute atomic E-state index is 0.0662. The highest BCUT2D eigenvalue weighted by Gasteiger charge is 2.23. The highest BCUT2D eigenvalue weighted by molar-refractivity contribution is 5.69. The van der Waals surface area contributed by atoms with E-state index in [0.29, 0.717) is 19.4 Å². The molecule has 0 amide bonds. The molecule has 0 radical (unpaired) electrons. The second-order valence-corrected chi connectivity index (χ2v) is 4.26. The van der Waals surface area contributed by atoms with Gasteiger partial charge in [-0.3, -0.25) is 4.79 Å². The van der Waals surface area contributed by atoms with E-state index >= 15 is 0 Å². The maximum absolute atomic E-state index is 11.3. The summed E-state index contributed by atoms with van der Waals surface area (Å²) < 4.78 is 15.8. The summed E-state index contributed by atoms with van der Waals surface area (Å²) in [5.41, 5.74) is 1.14. The Hall–Kier alpha value is -1.71. The zero-order chi connectivity index (χ0) is 13.0. The van der Waals surface area contributed by atoms with Gasteiger partial charge in [-0.1, -0.05) is 0 Å². The molecule has 4 heteroatoms. The van der Waals surface area contributed by atoms with Crippen molar-refractivity contribution in [1.82, 2.24) is 0 Å². The van der Waals surface area contributed by atoms with Crippen LogP contribution in [0.2, 0.25) is 0 Å². The van der Waals surface area contributed by atoms with Crippen LogP contribution in [0.4, 0.5) is 0 Å². The summed E-state index contributed by atoms with van der Waals surface area (Å²) in [5.74, 6) is 1.57. The quantitative estimate of drug-likeness (QED) is 0.752. The van der Waals surface area contributed by atoms with Crippen LogP contribution in [0.25, 0.3) is 0 Å². The molecule has 0 spiro atoms. The topological polar surface area (TPSA) is 44.8 Å².